The predicted octanol–water partition coefficient (Wildman–Crippen LogP) is 3.48. The Morgan fingerprint density at radius 1 is 1.23 bits per heavy atom. The van der Waals surface area contributed by atoms with E-state index < -0.39 is 5.91 Å². The van der Waals surface area contributed by atoms with Crippen LogP contribution in [0, 0.1) is 6.92 Å². The lowest BCUT2D eigenvalue weighted by Crippen LogP contribution is -2.38. The van der Waals surface area contributed by atoms with Gasteiger partial charge < -0.3 is 4.42 Å². The number of nitrogens with zero attached hydrogens (tertiary/aromatic N) is 3. The summed E-state index contributed by atoms with van der Waals surface area (Å²) in [5.41, 5.74) is 3.69. The largest absolute Gasteiger partial charge is 0.451 e. The molecule has 26 heavy (non-hydrogen) atoms. The van der Waals surface area contributed by atoms with Gasteiger partial charge in [-0.3, -0.25) is 15.5 Å². The molecule has 1 amide bonds. The summed E-state index contributed by atoms with van der Waals surface area (Å²) in [5, 5.41) is 11.9. The molecule has 2 aromatic heterocycles. The van der Waals surface area contributed by atoms with E-state index in [1.807, 2.05) is 18.4 Å². The third-order valence-electron chi connectivity index (χ3n) is 3.38. The molecule has 2 heterocycles. The van der Waals surface area contributed by atoms with E-state index >= 15 is 0 Å². The number of aromatic nitrogens is 3. The number of thioether (sulfide) groups is 1. The number of carbonyl (C=O) groups is 1. The molecule has 0 aliphatic heterocycles. The zero-order valence-corrected chi connectivity index (χ0v) is 16.2. The van der Waals surface area contributed by atoms with Crippen molar-refractivity contribution in [1.29, 1.82) is 0 Å². The molecule has 0 unspecified atom stereocenters. The molecule has 0 bridgehead atoms. The summed E-state index contributed by atoms with van der Waals surface area (Å²) in [6, 6.07) is 10.4. The van der Waals surface area contributed by atoms with E-state index in [4.69, 9.17) is 28.2 Å². The van der Waals surface area contributed by atoms with Crippen LogP contribution in [-0.4, -0.2) is 32.1 Å². The Balaban J connectivity index is 1.67. The molecule has 1 aromatic carbocycles. The van der Waals surface area contributed by atoms with Crippen LogP contribution in [0.15, 0.2) is 46.0 Å². The highest BCUT2D eigenvalue weighted by Gasteiger charge is 2.15. The zero-order chi connectivity index (χ0) is 18.7. The summed E-state index contributed by atoms with van der Waals surface area (Å²) >= 11 is 12.5. The molecule has 0 radical (unpaired) electrons. The third kappa shape index (κ3) is 4.06. The van der Waals surface area contributed by atoms with Crippen LogP contribution in [0.4, 0.5) is 0 Å². The molecule has 0 fully saturated rings. The van der Waals surface area contributed by atoms with E-state index in [0.717, 1.165) is 5.56 Å². The van der Waals surface area contributed by atoms with Crippen molar-refractivity contribution < 1.29 is 9.21 Å². The fourth-order valence-electron chi connectivity index (χ4n) is 2.13. The van der Waals surface area contributed by atoms with Crippen molar-refractivity contribution in [3.05, 3.63) is 53.0 Å². The molecule has 3 rings (SSSR count). The molecular formula is C16H14ClN5O2S2. The average molecular weight is 408 g/mol. The van der Waals surface area contributed by atoms with E-state index in [1.54, 1.807) is 35.9 Å². The second-order valence-corrected chi connectivity index (χ2v) is 6.75. The van der Waals surface area contributed by atoms with Gasteiger partial charge in [-0.1, -0.05) is 23.4 Å². The number of rotatable bonds is 4. The van der Waals surface area contributed by atoms with Crippen LogP contribution in [0.1, 0.15) is 16.4 Å². The number of amides is 1. The van der Waals surface area contributed by atoms with Crippen molar-refractivity contribution in [3.8, 4) is 11.3 Å². The first-order valence-corrected chi connectivity index (χ1v) is 9.43. The van der Waals surface area contributed by atoms with E-state index in [1.165, 1.54) is 11.8 Å². The van der Waals surface area contributed by atoms with Gasteiger partial charge >= 0.3 is 0 Å². The number of aryl methyl sites for hydroxylation is 1. The quantitative estimate of drug-likeness (QED) is 0.505. The summed E-state index contributed by atoms with van der Waals surface area (Å²) in [4.78, 5) is 12.3. The number of hydrogen-bond acceptors (Lipinski definition) is 6. The highest BCUT2D eigenvalue weighted by atomic mass is 35.5. The number of nitrogens with one attached hydrogen (secondary N) is 2. The fraction of sp³-hybridized carbons (Fsp3) is 0.125. The minimum atomic E-state index is -0.459. The molecule has 0 spiro atoms. The predicted molar refractivity (Wildman–Crippen MR) is 105 cm³/mol. The molecule has 7 nitrogen and oxygen atoms in total. The molecule has 0 aliphatic carbocycles. The molecule has 3 aromatic rings. The topological polar surface area (TPSA) is 85.0 Å². The molecule has 2 N–H and O–H groups in total. The van der Waals surface area contributed by atoms with E-state index in [0.29, 0.717) is 21.8 Å². The minimum absolute atomic E-state index is 0.109. The molecule has 0 saturated heterocycles. The first kappa shape index (κ1) is 18.4. The van der Waals surface area contributed by atoms with Crippen molar-refractivity contribution in [2.24, 2.45) is 0 Å². The summed E-state index contributed by atoms with van der Waals surface area (Å²) in [6.45, 7) is 1.77. The summed E-state index contributed by atoms with van der Waals surface area (Å²) in [7, 11) is 0. The Kier molecular flexibility index (Phi) is 5.60. The van der Waals surface area contributed by atoms with Crippen molar-refractivity contribution in [2.45, 2.75) is 12.1 Å². The maximum Gasteiger partial charge on any atom is 0.293 e. The summed E-state index contributed by atoms with van der Waals surface area (Å²) in [5.74, 6) is 0.864. The minimum Gasteiger partial charge on any atom is -0.451 e. The van der Waals surface area contributed by atoms with E-state index in [9.17, 15) is 4.79 Å². The fourth-order valence-corrected chi connectivity index (χ4v) is 2.92. The second kappa shape index (κ2) is 7.90. The number of benzene rings is 1. The SMILES string of the molecule is CSc1nnc(C)n1NC(=S)NC(=O)c1ccc(-c2ccc(Cl)cc2)o1. The van der Waals surface area contributed by atoms with Crippen molar-refractivity contribution in [2.75, 3.05) is 11.7 Å². The molecular weight excluding hydrogens is 394 g/mol. The van der Waals surface area contributed by atoms with Crippen LogP contribution in [0.5, 0.6) is 0 Å². The van der Waals surface area contributed by atoms with Gasteiger partial charge in [0.2, 0.25) is 5.16 Å². The van der Waals surface area contributed by atoms with Crippen molar-refractivity contribution in [1.82, 2.24) is 20.2 Å². The second-order valence-electron chi connectivity index (χ2n) is 5.14. The molecule has 0 aliphatic rings. The van der Waals surface area contributed by atoms with Crippen LogP contribution in [0.25, 0.3) is 11.3 Å². The average Bonchev–Trinajstić information content (AvgIpc) is 3.23. The highest BCUT2D eigenvalue weighted by Crippen LogP contribution is 2.23. The maximum atomic E-state index is 12.3. The third-order valence-corrected chi connectivity index (χ3v) is 4.45. The van der Waals surface area contributed by atoms with E-state index in [-0.39, 0.29) is 10.9 Å². The normalized spacial score (nSPS) is 10.6. The van der Waals surface area contributed by atoms with Crippen LogP contribution in [0.3, 0.4) is 0 Å². The highest BCUT2D eigenvalue weighted by molar-refractivity contribution is 7.98. The van der Waals surface area contributed by atoms with Gasteiger partial charge in [0.05, 0.1) is 0 Å². The number of hydrogen-bond donors (Lipinski definition) is 2. The Morgan fingerprint density at radius 2 is 1.96 bits per heavy atom. The first-order valence-electron chi connectivity index (χ1n) is 7.42. The van der Waals surface area contributed by atoms with Crippen LogP contribution < -0.4 is 10.7 Å². The number of thiocarbonyl (C=S) groups is 1. The van der Waals surface area contributed by atoms with Gasteiger partial charge in [0.25, 0.3) is 5.91 Å². The van der Waals surface area contributed by atoms with Gasteiger partial charge in [0.1, 0.15) is 11.6 Å². The number of furan rings is 1. The Bertz CT molecular complexity index is 952. The van der Waals surface area contributed by atoms with Gasteiger partial charge in [-0.25, -0.2) is 4.68 Å². The lowest BCUT2D eigenvalue weighted by Gasteiger charge is -2.11. The van der Waals surface area contributed by atoms with Gasteiger partial charge in [-0.2, -0.15) is 0 Å². The van der Waals surface area contributed by atoms with Gasteiger partial charge in [-0.05, 0) is 61.8 Å². The molecule has 134 valence electrons. The van der Waals surface area contributed by atoms with Crippen LogP contribution in [0.2, 0.25) is 5.02 Å². The Hall–Kier alpha value is -2.36. The molecule has 10 heteroatoms. The smallest absolute Gasteiger partial charge is 0.293 e. The molecule has 0 saturated carbocycles. The standard InChI is InChI=1S/C16H14ClN5O2S2/c1-9-19-20-16(26-2)22(9)21-15(25)18-14(23)13-8-7-12(24-13)10-3-5-11(17)6-4-10/h3-8H,1-2H3,(H2,18,21,23,25). The molecule has 0 atom stereocenters. The Morgan fingerprint density at radius 3 is 2.65 bits per heavy atom. The maximum absolute atomic E-state index is 12.3. The first-order chi connectivity index (χ1) is 12.5. The summed E-state index contributed by atoms with van der Waals surface area (Å²) < 4.78 is 7.19. The van der Waals surface area contributed by atoms with Crippen LogP contribution in [-0.2, 0) is 0 Å². The van der Waals surface area contributed by atoms with Gasteiger partial charge in [0.15, 0.2) is 10.9 Å². The van der Waals surface area contributed by atoms with Crippen molar-refractivity contribution >= 4 is 46.6 Å². The number of halogens is 1. The Labute approximate surface area is 164 Å². The zero-order valence-electron chi connectivity index (χ0n) is 13.8. The van der Waals surface area contributed by atoms with Gasteiger partial charge in [0, 0.05) is 10.6 Å². The lowest BCUT2D eigenvalue weighted by atomic mass is 10.2. The summed E-state index contributed by atoms with van der Waals surface area (Å²) in [6.07, 6.45) is 1.87. The monoisotopic (exact) mass is 407 g/mol. The number of carbonyl (C=O) groups excluding carboxylic acids is 1. The van der Waals surface area contributed by atoms with Crippen molar-refractivity contribution in [3.63, 3.8) is 0 Å². The van der Waals surface area contributed by atoms with Gasteiger partial charge in [-0.15, -0.1) is 10.2 Å². The van der Waals surface area contributed by atoms with Crippen LogP contribution >= 0.6 is 35.6 Å². The van der Waals surface area contributed by atoms with E-state index in [2.05, 4.69) is 20.9 Å². The lowest BCUT2D eigenvalue weighted by molar-refractivity contribution is 0.0951.